The van der Waals surface area contributed by atoms with Gasteiger partial charge in [0.1, 0.15) is 5.75 Å². The first kappa shape index (κ1) is 17.0. The summed E-state index contributed by atoms with van der Waals surface area (Å²) in [5.41, 5.74) is 1.05. The van der Waals surface area contributed by atoms with Crippen LogP contribution in [-0.4, -0.2) is 18.1 Å². The molecule has 0 saturated carbocycles. The Kier molecular flexibility index (Phi) is 9.93. The maximum Gasteiger partial charge on any atom is 0.122 e. The smallest absolute Gasteiger partial charge is 0.122 e. The zero-order chi connectivity index (χ0) is 14.5. The van der Waals surface area contributed by atoms with Gasteiger partial charge >= 0.3 is 0 Å². The van der Waals surface area contributed by atoms with Crippen LogP contribution in [0.4, 0.5) is 0 Å². The first-order valence-corrected chi connectivity index (χ1v) is 8.15. The highest BCUT2D eigenvalue weighted by atomic mass is 16.5. The molecule has 0 aliphatic heterocycles. The number of aromatic nitrogens is 1. The maximum absolute atomic E-state index is 5.79. The molecule has 0 aliphatic rings. The molecule has 0 bridgehead atoms. The van der Waals surface area contributed by atoms with Crippen LogP contribution in [0.2, 0.25) is 0 Å². The lowest BCUT2D eigenvalue weighted by molar-refractivity contribution is 0.303. The molecule has 1 heterocycles. The summed E-state index contributed by atoms with van der Waals surface area (Å²) in [5.74, 6) is 0.946. The normalized spacial score (nSPS) is 10.7. The second-order valence-electron chi connectivity index (χ2n) is 5.28. The van der Waals surface area contributed by atoms with Crippen LogP contribution in [0.3, 0.4) is 0 Å². The van der Waals surface area contributed by atoms with E-state index < -0.39 is 0 Å². The molecule has 1 N–H and O–H groups in total. The summed E-state index contributed by atoms with van der Waals surface area (Å²) >= 11 is 0. The van der Waals surface area contributed by atoms with Gasteiger partial charge in [-0.25, -0.2) is 0 Å². The summed E-state index contributed by atoms with van der Waals surface area (Å²) in [5, 5.41) is 3.36. The minimum atomic E-state index is 0.817. The second-order valence-corrected chi connectivity index (χ2v) is 5.28. The Morgan fingerprint density at radius 1 is 1.05 bits per heavy atom. The van der Waals surface area contributed by atoms with E-state index in [1.165, 1.54) is 32.1 Å². The Morgan fingerprint density at radius 2 is 1.85 bits per heavy atom. The van der Waals surface area contributed by atoms with Crippen LogP contribution < -0.4 is 10.1 Å². The molecule has 0 saturated heterocycles. The van der Waals surface area contributed by atoms with Gasteiger partial charge < -0.3 is 10.1 Å². The SMILES string of the molecule is CCCCCCCCOc1ccnc(CNCCC)c1. The average Bonchev–Trinajstić information content (AvgIpc) is 2.47. The van der Waals surface area contributed by atoms with Crippen molar-refractivity contribution in [1.82, 2.24) is 10.3 Å². The highest BCUT2D eigenvalue weighted by Crippen LogP contribution is 2.12. The zero-order valence-corrected chi connectivity index (χ0v) is 13.2. The summed E-state index contributed by atoms with van der Waals surface area (Å²) in [7, 11) is 0. The van der Waals surface area contributed by atoms with Gasteiger partial charge in [-0.2, -0.15) is 0 Å². The molecule has 0 aromatic carbocycles. The third-order valence-corrected chi connectivity index (χ3v) is 3.29. The first-order chi connectivity index (χ1) is 9.86. The standard InChI is InChI=1S/C17H30N2O/c1-3-5-6-7-8-9-13-20-17-10-12-19-16(14-17)15-18-11-4-2/h10,12,14,18H,3-9,11,13,15H2,1-2H3. The fourth-order valence-electron chi connectivity index (χ4n) is 2.11. The van der Waals surface area contributed by atoms with Crippen LogP contribution in [0.15, 0.2) is 18.3 Å². The fraction of sp³-hybridized carbons (Fsp3) is 0.706. The summed E-state index contributed by atoms with van der Waals surface area (Å²) < 4.78 is 5.79. The van der Waals surface area contributed by atoms with Crippen LogP contribution in [0, 0.1) is 0 Å². The molecule has 0 unspecified atom stereocenters. The van der Waals surface area contributed by atoms with E-state index in [9.17, 15) is 0 Å². The van der Waals surface area contributed by atoms with E-state index >= 15 is 0 Å². The molecular weight excluding hydrogens is 248 g/mol. The van der Waals surface area contributed by atoms with Gasteiger partial charge in [0.15, 0.2) is 0 Å². The van der Waals surface area contributed by atoms with Gasteiger partial charge in [-0.05, 0) is 25.5 Å². The van der Waals surface area contributed by atoms with E-state index in [1.807, 2.05) is 18.3 Å². The molecule has 1 aromatic heterocycles. The Hall–Kier alpha value is -1.09. The minimum absolute atomic E-state index is 0.817. The second kappa shape index (κ2) is 11.7. The molecule has 0 fully saturated rings. The predicted molar refractivity (Wildman–Crippen MR) is 85.1 cm³/mol. The largest absolute Gasteiger partial charge is 0.493 e. The number of nitrogens with zero attached hydrogens (tertiary/aromatic N) is 1. The Labute approximate surface area is 124 Å². The molecule has 114 valence electrons. The average molecular weight is 278 g/mol. The lowest BCUT2D eigenvalue weighted by atomic mass is 10.1. The first-order valence-electron chi connectivity index (χ1n) is 8.15. The summed E-state index contributed by atoms with van der Waals surface area (Å²) in [6.07, 6.45) is 10.8. The van der Waals surface area contributed by atoms with Gasteiger partial charge in [-0.15, -0.1) is 0 Å². The number of nitrogens with one attached hydrogen (secondary N) is 1. The van der Waals surface area contributed by atoms with E-state index in [2.05, 4.69) is 24.1 Å². The Morgan fingerprint density at radius 3 is 2.65 bits per heavy atom. The number of rotatable bonds is 12. The van der Waals surface area contributed by atoms with Crippen molar-refractivity contribution in [3.8, 4) is 5.75 Å². The molecule has 1 rings (SSSR count). The Bertz CT molecular complexity index is 342. The molecule has 0 aliphatic carbocycles. The van der Waals surface area contributed by atoms with Gasteiger partial charge in [0.2, 0.25) is 0 Å². The predicted octanol–water partition coefficient (Wildman–Crippen LogP) is 4.32. The molecule has 0 amide bonds. The van der Waals surface area contributed by atoms with Gasteiger partial charge in [-0.3, -0.25) is 4.98 Å². The third kappa shape index (κ3) is 8.16. The van der Waals surface area contributed by atoms with E-state index in [0.29, 0.717) is 0 Å². The highest BCUT2D eigenvalue weighted by Gasteiger charge is 1.98. The van der Waals surface area contributed by atoms with E-state index in [1.54, 1.807) is 0 Å². The van der Waals surface area contributed by atoms with E-state index in [0.717, 1.165) is 44.0 Å². The van der Waals surface area contributed by atoms with Gasteiger partial charge in [-0.1, -0.05) is 46.0 Å². The molecular formula is C17H30N2O. The molecule has 0 radical (unpaired) electrons. The number of hydrogen-bond acceptors (Lipinski definition) is 3. The monoisotopic (exact) mass is 278 g/mol. The van der Waals surface area contributed by atoms with Gasteiger partial charge in [0.25, 0.3) is 0 Å². The van der Waals surface area contributed by atoms with Crippen molar-refractivity contribution < 1.29 is 4.74 Å². The molecule has 20 heavy (non-hydrogen) atoms. The number of pyridine rings is 1. The van der Waals surface area contributed by atoms with Crippen molar-refractivity contribution in [2.75, 3.05) is 13.2 Å². The summed E-state index contributed by atoms with van der Waals surface area (Å²) in [6.45, 7) is 7.09. The summed E-state index contributed by atoms with van der Waals surface area (Å²) in [4.78, 5) is 4.35. The lowest BCUT2D eigenvalue weighted by Gasteiger charge is -2.08. The number of hydrogen-bond donors (Lipinski definition) is 1. The Balaban J connectivity index is 2.14. The highest BCUT2D eigenvalue weighted by molar-refractivity contribution is 5.22. The number of unbranched alkanes of at least 4 members (excludes halogenated alkanes) is 5. The molecule has 0 spiro atoms. The van der Waals surface area contributed by atoms with Gasteiger partial charge in [0, 0.05) is 18.8 Å². The van der Waals surface area contributed by atoms with Gasteiger partial charge in [0.05, 0.1) is 12.3 Å². The van der Waals surface area contributed by atoms with Crippen molar-refractivity contribution in [1.29, 1.82) is 0 Å². The maximum atomic E-state index is 5.79. The van der Waals surface area contributed by atoms with Crippen LogP contribution in [0.1, 0.15) is 64.5 Å². The zero-order valence-electron chi connectivity index (χ0n) is 13.2. The molecule has 3 nitrogen and oxygen atoms in total. The topological polar surface area (TPSA) is 34.1 Å². The molecule has 3 heteroatoms. The van der Waals surface area contributed by atoms with Crippen LogP contribution in [0.5, 0.6) is 5.75 Å². The number of ether oxygens (including phenoxy) is 1. The molecule has 0 atom stereocenters. The van der Waals surface area contributed by atoms with Crippen molar-refractivity contribution >= 4 is 0 Å². The minimum Gasteiger partial charge on any atom is -0.493 e. The van der Waals surface area contributed by atoms with Crippen molar-refractivity contribution in [2.24, 2.45) is 0 Å². The van der Waals surface area contributed by atoms with Crippen molar-refractivity contribution in [2.45, 2.75) is 65.3 Å². The van der Waals surface area contributed by atoms with Crippen LogP contribution in [0.25, 0.3) is 0 Å². The van der Waals surface area contributed by atoms with Crippen molar-refractivity contribution in [3.05, 3.63) is 24.0 Å². The third-order valence-electron chi connectivity index (χ3n) is 3.29. The van der Waals surface area contributed by atoms with Crippen LogP contribution >= 0.6 is 0 Å². The lowest BCUT2D eigenvalue weighted by Crippen LogP contribution is -2.14. The summed E-state index contributed by atoms with van der Waals surface area (Å²) in [6, 6.07) is 3.99. The van der Waals surface area contributed by atoms with E-state index in [-0.39, 0.29) is 0 Å². The quantitative estimate of drug-likeness (QED) is 0.578. The van der Waals surface area contributed by atoms with Crippen LogP contribution in [-0.2, 0) is 6.54 Å². The molecule has 1 aromatic rings. The van der Waals surface area contributed by atoms with E-state index in [4.69, 9.17) is 4.74 Å². The van der Waals surface area contributed by atoms with Crippen molar-refractivity contribution in [3.63, 3.8) is 0 Å². The fourth-order valence-corrected chi connectivity index (χ4v) is 2.11.